The van der Waals surface area contributed by atoms with Crippen LogP contribution in [0.1, 0.15) is 23.5 Å². The van der Waals surface area contributed by atoms with Crippen LogP contribution < -0.4 is 4.74 Å². The average molecular weight is 173 g/mol. The Morgan fingerprint density at radius 1 is 1.54 bits per heavy atom. The molecule has 13 heavy (non-hydrogen) atoms. The van der Waals surface area contributed by atoms with E-state index >= 15 is 0 Å². The van der Waals surface area contributed by atoms with Crippen molar-refractivity contribution in [1.82, 2.24) is 0 Å². The minimum absolute atomic E-state index is 0.0742. The van der Waals surface area contributed by atoms with Crippen LogP contribution in [0.3, 0.4) is 0 Å². The van der Waals surface area contributed by atoms with Gasteiger partial charge >= 0.3 is 0 Å². The van der Waals surface area contributed by atoms with Crippen LogP contribution in [-0.2, 0) is 6.42 Å². The zero-order valence-electron chi connectivity index (χ0n) is 7.58. The number of nitrogens with zero attached hydrogens (tertiary/aromatic N) is 1. The molecular weight excluding hydrogens is 162 g/mol. The fraction of sp³-hybridized carbons (Fsp3) is 0.364. The van der Waals surface area contributed by atoms with E-state index in [4.69, 9.17) is 10.00 Å². The van der Waals surface area contributed by atoms with Crippen LogP contribution in [0.5, 0.6) is 5.75 Å². The summed E-state index contributed by atoms with van der Waals surface area (Å²) in [4.78, 5) is 0. The lowest BCUT2D eigenvalue weighted by Crippen LogP contribution is -1.90. The van der Waals surface area contributed by atoms with Gasteiger partial charge in [0.1, 0.15) is 5.75 Å². The van der Waals surface area contributed by atoms with Crippen LogP contribution in [0, 0.1) is 11.3 Å². The van der Waals surface area contributed by atoms with Gasteiger partial charge in [0, 0.05) is 0 Å². The Labute approximate surface area is 77.8 Å². The molecule has 1 atom stereocenters. The van der Waals surface area contributed by atoms with Gasteiger partial charge in [0.05, 0.1) is 19.1 Å². The van der Waals surface area contributed by atoms with Crippen molar-refractivity contribution in [2.75, 3.05) is 7.11 Å². The SMILES string of the molecule is COc1ccc2c(c1)[C@@H](C#N)CC2. The molecule has 0 saturated carbocycles. The van der Waals surface area contributed by atoms with Crippen LogP contribution in [0.15, 0.2) is 18.2 Å². The predicted molar refractivity (Wildman–Crippen MR) is 49.7 cm³/mol. The highest BCUT2D eigenvalue weighted by Gasteiger charge is 2.22. The normalized spacial score (nSPS) is 19.2. The van der Waals surface area contributed by atoms with Gasteiger partial charge in [0.25, 0.3) is 0 Å². The number of nitriles is 1. The first-order valence-electron chi connectivity index (χ1n) is 4.41. The summed E-state index contributed by atoms with van der Waals surface area (Å²) >= 11 is 0. The van der Waals surface area contributed by atoms with E-state index in [-0.39, 0.29) is 5.92 Å². The van der Waals surface area contributed by atoms with Crippen molar-refractivity contribution in [1.29, 1.82) is 5.26 Å². The Morgan fingerprint density at radius 2 is 2.38 bits per heavy atom. The molecule has 0 amide bonds. The van der Waals surface area contributed by atoms with Gasteiger partial charge in [-0.05, 0) is 36.1 Å². The molecule has 1 aromatic rings. The van der Waals surface area contributed by atoms with E-state index in [0.29, 0.717) is 0 Å². The molecule has 66 valence electrons. The van der Waals surface area contributed by atoms with E-state index in [0.717, 1.165) is 24.2 Å². The molecule has 0 saturated heterocycles. The highest BCUT2D eigenvalue weighted by molar-refractivity contribution is 5.43. The van der Waals surface area contributed by atoms with Crippen molar-refractivity contribution >= 4 is 0 Å². The molecule has 0 spiro atoms. The lowest BCUT2D eigenvalue weighted by molar-refractivity contribution is 0.414. The quantitative estimate of drug-likeness (QED) is 0.652. The molecule has 1 aliphatic rings. The van der Waals surface area contributed by atoms with E-state index in [1.165, 1.54) is 5.56 Å². The Hall–Kier alpha value is -1.49. The van der Waals surface area contributed by atoms with E-state index in [2.05, 4.69) is 12.1 Å². The number of hydrogen-bond acceptors (Lipinski definition) is 2. The van der Waals surface area contributed by atoms with E-state index in [1.807, 2.05) is 12.1 Å². The molecule has 1 aromatic carbocycles. The van der Waals surface area contributed by atoms with Gasteiger partial charge in [-0.25, -0.2) is 0 Å². The second-order valence-electron chi connectivity index (χ2n) is 3.29. The molecule has 1 aliphatic carbocycles. The average Bonchev–Trinajstić information content (AvgIpc) is 2.59. The van der Waals surface area contributed by atoms with E-state index in [9.17, 15) is 0 Å². The van der Waals surface area contributed by atoms with E-state index < -0.39 is 0 Å². The standard InChI is InChI=1S/C11H11NO/c1-13-10-5-4-8-2-3-9(7-12)11(8)6-10/h4-6,9H,2-3H2,1H3/t9-/m1/s1. The highest BCUT2D eigenvalue weighted by Crippen LogP contribution is 2.34. The third-order valence-electron chi connectivity index (χ3n) is 2.59. The number of aryl methyl sites for hydroxylation is 1. The molecular formula is C11H11NO. The van der Waals surface area contributed by atoms with Gasteiger partial charge in [-0.3, -0.25) is 0 Å². The fourth-order valence-electron chi connectivity index (χ4n) is 1.84. The number of methoxy groups -OCH3 is 1. The molecule has 2 rings (SSSR count). The molecule has 0 heterocycles. The van der Waals surface area contributed by atoms with Gasteiger partial charge in [-0.15, -0.1) is 0 Å². The smallest absolute Gasteiger partial charge is 0.119 e. The Kier molecular flexibility index (Phi) is 1.94. The summed E-state index contributed by atoms with van der Waals surface area (Å²) in [6, 6.07) is 8.32. The van der Waals surface area contributed by atoms with Gasteiger partial charge in [-0.2, -0.15) is 5.26 Å². The molecule has 0 bridgehead atoms. The molecule has 0 aliphatic heterocycles. The number of hydrogen-bond donors (Lipinski definition) is 0. The summed E-state index contributed by atoms with van der Waals surface area (Å²) in [5, 5.41) is 8.89. The molecule has 0 radical (unpaired) electrons. The summed E-state index contributed by atoms with van der Waals surface area (Å²) in [6.07, 6.45) is 1.98. The maximum absolute atomic E-state index is 8.89. The van der Waals surface area contributed by atoms with Crippen molar-refractivity contribution < 1.29 is 4.74 Å². The molecule has 0 unspecified atom stereocenters. The maximum atomic E-state index is 8.89. The first kappa shape index (κ1) is 8.12. The summed E-state index contributed by atoms with van der Waals surface area (Å²) < 4.78 is 5.12. The maximum Gasteiger partial charge on any atom is 0.119 e. The number of benzene rings is 1. The second kappa shape index (κ2) is 3.10. The van der Waals surface area contributed by atoms with Crippen LogP contribution in [0.2, 0.25) is 0 Å². The molecule has 2 heteroatoms. The zero-order valence-corrected chi connectivity index (χ0v) is 7.58. The van der Waals surface area contributed by atoms with Crippen molar-refractivity contribution in [3.63, 3.8) is 0 Å². The van der Waals surface area contributed by atoms with Crippen molar-refractivity contribution in [2.24, 2.45) is 0 Å². The minimum atomic E-state index is 0.0742. The fourth-order valence-corrected chi connectivity index (χ4v) is 1.84. The van der Waals surface area contributed by atoms with Crippen molar-refractivity contribution in [3.8, 4) is 11.8 Å². The number of rotatable bonds is 1. The van der Waals surface area contributed by atoms with Gasteiger partial charge < -0.3 is 4.74 Å². The largest absolute Gasteiger partial charge is 0.497 e. The summed E-state index contributed by atoms with van der Waals surface area (Å²) in [6.45, 7) is 0. The second-order valence-corrected chi connectivity index (χ2v) is 3.29. The van der Waals surface area contributed by atoms with Crippen LogP contribution in [-0.4, -0.2) is 7.11 Å². The summed E-state index contributed by atoms with van der Waals surface area (Å²) in [5.41, 5.74) is 2.45. The highest BCUT2D eigenvalue weighted by atomic mass is 16.5. The third kappa shape index (κ3) is 1.27. The lowest BCUT2D eigenvalue weighted by atomic mass is 10.0. The monoisotopic (exact) mass is 173 g/mol. The first-order chi connectivity index (χ1) is 6.35. The molecule has 0 fully saturated rings. The number of ether oxygens (including phenoxy) is 1. The molecule has 2 nitrogen and oxygen atoms in total. The van der Waals surface area contributed by atoms with Gasteiger partial charge in [0.2, 0.25) is 0 Å². The van der Waals surface area contributed by atoms with Crippen LogP contribution in [0.4, 0.5) is 0 Å². The Morgan fingerprint density at radius 3 is 3.08 bits per heavy atom. The Bertz CT molecular complexity index is 365. The summed E-state index contributed by atoms with van der Waals surface area (Å²) in [7, 11) is 1.65. The Balaban J connectivity index is 2.44. The van der Waals surface area contributed by atoms with Crippen molar-refractivity contribution in [2.45, 2.75) is 18.8 Å². The third-order valence-corrected chi connectivity index (χ3v) is 2.59. The van der Waals surface area contributed by atoms with Crippen LogP contribution >= 0.6 is 0 Å². The van der Waals surface area contributed by atoms with Crippen molar-refractivity contribution in [3.05, 3.63) is 29.3 Å². The number of fused-ring (bicyclic) bond motifs is 1. The van der Waals surface area contributed by atoms with E-state index in [1.54, 1.807) is 7.11 Å². The molecule has 0 N–H and O–H groups in total. The minimum Gasteiger partial charge on any atom is -0.497 e. The lowest BCUT2D eigenvalue weighted by Gasteiger charge is -2.04. The molecule has 0 aromatic heterocycles. The van der Waals surface area contributed by atoms with Gasteiger partial charge in [-0.1, -0.05) is 6.07 Å². The zero-order chi connectivity index (χ0) is 9.26. The van der Waals surface area contributed by atoms with Crippen LogP contribution in [0.25, 0.3) is 0 Å². The summed E-state index contributed by atoms with van der Waals surface area (Å²) in [5.74, 6) is 0.922. The predicted octanol–water partition coefficient (Wildman–Crippen LogP) is 2.25. The topological polar surface area (TPSA) is 33.0 Å². The van der Waals surface area contributed by atoms with Gasteiger partial charge in [0.15, 0.2) is 0 Å². The first-order valence-corrected chi connectivity index (χ1v) is 4.41.